The lowest BCUT2D eigenvalue weighted by Crippen LogP contribution is -2.51. The molecule has 10 heteroatoms. The number of nitrogens with one attached hydrogen (secondary N) is 4. The summed E-state index contributed by atoms with van der Waals surface area (Å²) in [6.45, 7) is 1.90. The first-order chi connectivity index (χ1) is 17.1. The number of piperidine rings is 1. The van der Waals surface area contributed by atoms with Crippen LogP contribution >= 0.6 is 0 Å². The Hall–Kier alpha value is -3.53. The van der Waals surface area contributed by atoms with E-state index in [-0.39, 0.29) is 47.5 Å². The molecule has 2 saturated heterocycles. The number of amides is 4. The number of hydrogen-bond donors (Lipinski definition) is 4. The molecule has 2 aliphatic heterocycles. The minimum Gasteiger partial charge on any atom is -0.352 e. The van der Waals surface area contributed by atoms with Crippen molar-refractivity contribution in [1.82, 2.24) is 30.8 Å². The van der Waals surface area contributed by atoms with Crippen LogP contribution in [0, 0.1) is 0 Å². The van der Waals surface area contributed by atoms with Crippen LogP contribution in [0.2, 0.25) is 0 Å². The lowest BCUT2D eigenvalue weighted by molar-refractivity contribution is -0.123. The van der Waals surface area contributed by atoms with Gasteiger partial charge in [0.2, 0.25) is 5.91 Å². The monoisotopic (exact) mass is 477 g/mol. The Morgan fingerprint density at radius 1 is 0.914 bits per heavy atom. The second-order valence-corrected chi connectivity index (χ2v) is 9.45. The van der Waals surface area contributed by atoms with Gasteiger partial charge in [0.15, 0.2) is 11.5 Å². The summed E-state index contributed by atoms with van der Waals surface area (Å²) < 4.78 is 0. The topological polar surface area (TPSA) is 128 Å². The molecule has 1 atom stereocenters. The van der Waals surface area contributed by atoms with Crippen LogP contribution in [0.3, 0.4) is 0 Å². The molecule has 3 aliphatic rings. The summed E-state index contributed by atoms with van der Waals surface area (Å²) in [5.41, 5.74) is 2.58. The molecule has 0 bridgehead atoms. The maximum atomic E-state index is 13.0. The smallest absolute Gasteiger partial charge is 0.323 e. The van der Waals surface area contributed by atoms with E-state index in [4.69, 9.17) is 0 Å². The van der Waals surface area contributed by atoms with Crippen LogP contribution in [-0.2, 0) is 17.6 Å². The summed E-state index contributed by atoms with van der Waals surface area (Å²) in [4.78, 5) is 48.3. The van der Waals surface area contributed by atoms with Gasteiger partial charge in [-0.3, -0.25) is 14.9 Å². The van der Waals surface area contributed by atoms with Crippen LogP contribution < -0.4 is 21.3 Å². The predicted molar refractivity (Wildman–Crippen MR) is 130 cm³/mol. The third-order valence-corrected chi connectivity index (χ3v) is 7.03. The van der Waals surface area contributed by atoms with Crippen molar-refractivity contribution >= 4 is 23.7 Å². The number of benzene rings is 1. The first-order valence-electron chi connectivity index (χ1n) is 12.3. The quantitative estimate of drug-likeness (QED) is 0.513. The maximum Gasteiger partial charge on any atom is 0.323 e. The van der Waals surface area contributed by atoms with Crippen molar-refractivity contribution in [1.29, 1.82) is 0 Å². The highest BCUT2D eigenvalue weighted by molar-refractivity contribution is 6.00. The molecule has 3 heterocycles. The molecule has 35 heavy (non-hydrogen) atoms. The first kappa shape index (κ1) is 23.2. The largest absolute Gasteiger partial charge is 0.352 e. The Labute approximate surface area is 204 Å². The van der Waals surface area contributed by atoms with Crippen LogP contribution in [-0.4, -0.2) is 70.5 Å². The fourth-order valence-corrected chi connectivity index (χ4v) is 5.13. The Morgan fingerprint density at radius 3 is 2.31 bits per heavy atom. The molecule has 4 amide bonds. The highest BCUT2D eigenvalue weighted by Gasteiger charge is 2.29. The predicted octanol–water partition coefficient (Wildman–Crippen LogP) is 1.24. The van der Waals surface area contributed by atoms with Crippen LogP contribution in [0.1, 0.15) is 47.3 Å². The molecule has 2 fully saturated rings. The molecule has 1 aromatic carbocycles. The summed E-state index contributed by atoms with van der Waals surface area (Å²) in [5, 5.41) is 12.1. The van der Waals surface area contributed by atoms with Gasteiger partial charge in [-0.25, -0.2) is 14.8 Å². The van der Waals surface area contributed by atoms with Crippen molar-refractivity contribution in [2.45, 2.75) is 56.7 Å². The van der Waals surface area contributed by atoms with E-state index in [1.165, 1.54) is 23.5 Å². The molecule has 184 valence electrons. The van der Waals surface area contributed by atoms with E-state index < -0.39 is 0 Å². The van der Waals surface area contributed by atoms with E-state index in [1.807, 2.05) is 12.1 Å². The summed E-state index contributed by atoms with van der Waals surface area (Å²) >= 11 is 0. The standard InChI is InChI=1S/C25H31N7O3/c33-23(20-6-3-9-26-20)29-18-7-12-32(13-8-18)25(35)31-22-21(27-10-11-28-22)24(34)30-19-14-16-4-1-2-5-17(16)15-19/h1-2,4-5,10-11,18-20,26H,3,6-9,12-15H2,(H,29,33)(H,30,34)(H,28,31,35)/t20-/m0/s1. The second kappa shape index (κ2) is 10.4. The van der Waals surface area contributed by atoms with Crippen molar-refractivity contribution in [3.8, 4) is 0 Å². The van der Waals surface area contributed by atoms with Gasteiger partial charge in [-0.15, -0.1) is 0 Å². The highest BCUT2D eigenvalue weighted by atomic mass is 16.2. The zero-order valence-electron chi connectivity index (χ0n) is 19.6. The number of aromatic nitrogens is 2. The van der Waals surface area contributed by atoms with Gasteiger partial charge >= 0.3 is 6.03 Å². The number of anilines is 1. The fourth-order valence-electron chi connectivity index (χ4n) is 5.13. The summed E-state index contributed by atoms with van der Waals surface area (Å²) in [5.74, 6) is -0.160. The van der Waals surface area contributed by atoms with E-state index in [2.05, 4.69) is 43.4 Å². The molecular weight excluding hydrogens is 446 g/mol. The fraction of sp³-hybridized carbons (Fsp3) is 0.480. The summed E-state index contributed by atoms with van der Waals surface area (Å²) in [6, 6.07) is 7.78. The number of fused-ring (bicyclic) bond motifs is 1. The van der Waals surface area contributed by atoms with Gasteiger partial charge in [-0.05, 0) is 56.2 Å². The van der Waals surface area contributed by atoms with E-state index in [1.54, 1.807) is 4.90 Å². The van der Waals surface area contributed by atoms with E-state index in [9.17, 15) is 14.4 Å². The van der Waals surface area contributed by atoms with Gasteiger partial charge < -0.3 is 20.9 Å². The van der Waals surface area contributed by atoms with Gasteiger partial charge in [-0.2, -0.15) is 0 Å². The molecule has 0 radical (unpaired) electrons. The van der Waals surface area contributed by atoms with Gasteiger partial charge in [0.25, 0.3) is 5.91 Å². The highest BCUT2D eigenvalue weighted by Crippen LogP contribution is 2.22. The van der Waals surface area contributed by atoms with Gasteiger partial charge in [-0.1, -0.05) is 24.3 Å². The number of urea groups is 1. The van der Waals surface area contributed by atoms with Crippen LogP contribution in [0.5, 0.6) is 0 Å². The van der Waals surface area contributed by atoms with Gasteiger partial charge in [0.05, 0.1) is 6.04 Å². The molecule has 4 N–H and O–H groups in total. The van der Waals surface area contributed by atoms with E-state index in [0.29, 0.717) is 25.9 Å². The van der Waals surface area contributed by atoms with Crippen molar-refractivity contribution in [3.05, 3.63) is 53.5 Å². The van der Waals surface area contributed by atoms with Crippen molar-refractivity contribution in [2.24, 2.45) is 0 Å². The Bertz CT molecular complexity index is 1070. The van der Waals surface area contributed by atoms with Gasteiger partial charge in [0.1, 0.15) is 0 Å². The molecule has 0 unspecified atom stereocenters. The molecule has 1 aliphatic carbocycles. The third kappa shape index (κ3) is 5.43. The lowest BCUT2D eigenvalue weighted by atomic mass is 10.0. The first-order valence-corrected chi connectivity index (χ1v) is 12.3. The third-order valence-electron chi connectivity index (χ3n) is 7.03. The second-order valence-electron chi connectivity index (χ2n) is 9.45. The molecule has 0 spiro atoms. The molecule has 10 nitrogen and oxygen atoms in total. The Balaban J connectivity index is 1.13. The van der Waals surface area contributed by atoms with Crippen molar-refractivity contribution in [2.75, 3.05) is 25.0 Å². The van der Waals surface area contributed by atoms with Gasteiger partial charge in [0, 0.05) is 37.6 Å². The number of rotatable bonds is 5. The number of likely N-dealkylation sites (tertiary alicyclic amines) is 1. The van der Waals surface area contributed by atoms with Crippen molar-refractivity contribution < 1.29 is 14.4 Å². The molecule has 1 aromatic heterocycles. The lowest BCUT2D eigenvalue weighted by Gasteiger charge is -2.32. The summed E-state index contributed by atoms with van der Waals surface area (Å²) in [6.07, 6.45) is 7.70. The average Bonchev–Trinajstić information content (AvgIpc) is 3.55. The normalized spacial score (nSPS) is 20.3. The van der Waals surface area contributed by atoms with Crippen LogP contribution in [0.15, 0.2) is 36.7 Å². The molecule has 5 rings (SSSR count). The minimum absolute atomic E-state index is 0.0147. The zero-order valence-corrected chi connectivity index (χ0v) is 19.6. The Kier molecular flexibility index (Phi) is 6.89. The minimum atomic E-state index is -0.354. The van der Waals surface area contributed by atoms with E-state index in [0.717, 1.165) is 32.2 Å². The SMILES string of the molecule is O=C(NC1Cc2ccccc2C1)c1nccnc1NC(=O)N1CCC(NC(=O)[C@@H]2CCCN2)CC1. The average molecular weight is 478 g/mol. The molecule has 0 saturated carbocycles. The van der Waals surface area contributed by atoms with E-state index >= 15 is 0 Å². The number of carbonyl (C=O) groups is 3. The Morgan fingerprint density at radius 2 is 1.63 bits per heavy atom. The zero-order chi connectivity index (χ0) is 24.2. The number of nitrogens with zero attached hydrogens (tertiary/aromatic N) is 3. The van der Waals surface area contributed by atoms with Crippen LogP contribution in [0.25, 0.3) is 0 Å². The van der Waals surface area contributed by atoms with Crippen LogP contribution in [0.4, 0.5) is 10.6 Å². The molecule has 2 aromatic rings. The van der Waals surface area contributed by atoms with Crippen molar-refractivity contribution in [3.63, 3.8) is 0 Å². The number of carbonyl (C=O) groups excluding carboxylic acids is 3. The molecular formula is C25H31N7O3. The maximum absolute atomic E-state index is 13.0. The summed E-state index contributed by atoms with van der Waals surface area (Å²) in [7, 11) is 0. The number of hydrogen-bond acceptors (Lipinski definition) is 6.